The molecule has 1 saturated heterocycles. The van der Waals surface area contributed by atoms with E-state index >= 15 is 0 Å². The van der Waals surface area contributed by atoms with Crippen LogP contribution in [0.5, 0.6) is 0 Å². The second kappa shape index (κ2) is 21.0. The minimum absolute atomic E-state index is 0.0660. The molecule has 0 saturated carbocycles. The highest BCUT2D eigenvalue weighted by atomic mass is 16.7. The van der Waals surface area contributed by atoms with Crippen LogP contribution in [0.25, 0.3) is 0 Å². The van der Waals surface area contributed by atoms with Gasteiger partial charge in [-0.2, -0.15) is 0 Å². The quantitative estimate of drug-likeness (QED) is 0.174. The fourth-order valence-electron chi connectivity index (χ4n) is 4.15. The summed E-state index contributed by atoms with van der Waals surface area (Å²) >= 11 is 0. The summed E-state index contributed by atoms with van der Waals surface area (Å²) in [6, 6.07) is 0. The largest absolute Gasteiger partial charge is 0.388 e. The van der Waals surface area contributed by atoms with Gasteiger partial charge >= 0.3 is 0 Å². The predicted octanol–water partition coefficient (Wildman–Crippen LogP) is 4.08. The maximum Gasteiger partial charge on any atom is 0.186 e. The predicted molar refractivity (Wildman–Crippen MR) is 130 cm³/mol. The van der Waals surface area contributed by atoms with Crippen LogP contribution in [0, 0.1) is 0 Å². The van der Waals surface area contributed by atoms with Crippen molar-refractivity contribution in [3.05, 3.63) is 0 Å². The van der Waals surface area contributed by atoms with Gasteiger partial charge in [-0.05, 0) is 6.42 Å². The van der Waals surface area contributed by atoms with Crippen LogP contribution in [-0.4, -0.2) is 77.6 Å². The number of aliphatic hydroxyl groups excluding tert-OH is 4. The van der Waals surface area contributed by atoms with Crippen LogP contribution in [0.3, 0.4) is 0 Å². The minimum Gasteiger partial charge on any atom is -0.388 e. The molecule has 7 nitrogen and oxygen atoms in total. The van der Waals surface area contributed by atoms with Gasteiger partial charge in [-0.1, -0.05) is 103 Å². The lowest BCUT2D eigenvalue weighted by atomic mass is 10.0. The average Bonchev–Trinajstić information content (AvgIpc) is 2.81. The third-order valence-electron chi connectivity index (χ3n) is 6.36. The van der Waals surface area contributed by atoms with Crippen molar-refractivity contribution >= 4 is 0 Å². The van der Waals surface area contributed by atoms with Gasteiger partial charge in [0.1, 0.15) is 24.4 Å². The first-order valence-electron chi connectivity index (χ1n) is 13.6. The first-order chi connectivity index (χ1) is 16.1. The molecule has 0 bridgehead atoms. The second-order valence-corrected chi connectivity index (χ2v) is 9.62. The topological polar surface area (TPSA) is 109 Å². The first kappa shape index (κ1) is 30.8. The Bertz CT molecular complexity index is 423. The summed E-state index contributed by atoms with van der Waals surface area (Å²) < 4.78 is 15.9. The lowest BCUT2D eigenvalue weighted by molar-refractivity contribution is -0.275. The van der Waals surface area contributed by atoms with Gasteiger partial charge in [-0.3, -0.25) is 0 Å². The molecule has 0 radical (unpaired) electrons. The Balaban J connectivity index is 1.79. The lowest BCUT2D eigenvalue weighted by Crippen LogP contribution is -2.54. The summed E-state index contributed by atoms with van der Waals surface area (Å²) in [6.07, 6.45) is 15.7. The second-order valence-electron chi connectivity index (χ2n) is 9.62. The average molecular weight is 477 g/mol. The number of ether oxygens (including phenoxy) is 3. The van der Waals surface area contributed by atoms with Gasteiger partial charge in [-0.15, -0.1) is 0 Å². The van der Waals surface area contributed by atoms with Gasteiger partial charge in [0.25, 0.3) is 0 Å². The molecule has 5 atom stereocenters. The smallest absolute Gasteiger partial charge is 0.186 e. The van der Waals surface area contributed by atoms with Crippen LogP contribution in [0.15, 0.2) is 0 Å². The number of hydrogen-bond acceptors (Lipinski definition) is 7. The van der Waals surface area contributed by atoms with Crippen molar-refractivity contribution < 1.29 is 34.6 Å². The third-order valence-corrected chi connectivity index (χ3v) is 6.36. The molecular formula is C26H52O7. The van der Waals surface area contributed by atoms with Crippen LogP contribution < -0.4 is 0 Å². The molecule has 1 fully saturated rings. The van der Waals surface area contributed by atoms with E-state index in [1.165, 1.54) is 89.9 Å². The van der Waals surface area contributed by atoms with E-state index < -0.39 is 30.7 Å². The Hall–Kier alpha value is -0.280. The molecule has 0 aromatic rings. The molecule has 1 heterocycles. The molecule has 33 heavy (non-hydrogen) atoms. The molecule has 198 valence electrons. The number of hydrogen-bond donors (Lipinski definition) is 4. The minimum atomic E-state index is -1.34. The highest BCUT2D eigenvalue weighted by Gasteiger charge is 2.38. The standard InChI is InChI=1S/C26H52O7/c1-2-3-4-5-6-7-8-9-10-11-12-13-14-15-16-17-18-31-19-22(27)20-32-26-25(30)24(29)23(28)21-33-26/h22-30H,2-21H2,1H3/t22?,23-,24-,25+,26-/m1/s1. The van der Waals surface area contributed by atoms with Crippen LogP contribution in [0.2, 0.25) is 0 Å². The van der Waals surface area contributed by atoms with Gasteiger partial charge in [0.05, 0.1) is 19.8 Å². The van der Waals surface area contributed by atoms with E-state index in [-0.39, 0.29) is 19.8 Å². The van der Waals surface area contributed by atoms with E-state index in [0.29, 0.717) is 6.61 Å². The van der Waals surface area contributed by atoms with Crippen LogP contribution in [-0.2, 0) is 14.2 Å². The Labute approximate surface area is 201 Å². The Morgan fingerprint density at radius 1 is 0.697 bits per heavy atom. The highest BCUT2D eigenvalue weighted by molar-refractivity contribution is 4.82. The summed E-state index contributed by atoms with van der Waals surface area (Å²) in [5.74, 6) is 0. The molecule has 1 rings (SSSR count). The highest BCUT2D eigenvalue weighted by Crippen LogP contribution is 2.17. The molecular weight excluding hydrogens is 424 g/mol. The van der Waals surface area contributed by atoms with Crippen molar-refractivity contribution in [1.29, 1.82) is 0 Å². The summed E-state index contributed by atoms with van der Waals surface area (Å²) in [6.45, 7) is 2.86. The van der Waals surface area contributed by atoms with E-state index in [2.05, 4.69) is 6.92 Å². The van der Waals surface area contributed by atoms with Crippen molar-refractivity contribution in [3.8, 4) is 0 Å². The molecule has 0 aliphatic carbocycles. The Morgan fingerprint density at radius 3 is 1.70 bits per heavy atom. The molecule has 0 aromatic carbocycles. The van der Waals surface area contributed by atoms with Gasteiger partial charge < -0.3 is 34.6 Å². The molecule has 0 aromatic heterocycles. The Kier molecular flexibility index (Phi) is 19.6. The monoisotopic (exact) mass is 476 g/mol. The fraction of sp³-hybridized carbons (Fsp3) is 1.00. The fourth-order valence-corrected chi connectivity index (χ4v) is 4.15. The van der Waals surface area contributed by atoms with Crippen molar-refractivity contribution in [3.63, 3.8) is 0 Å². The first-order valence-corrected chi connectivity index (χ1v) is 13.6. The molecule has 1 aliphatic rings. The van der Waals surface area contributed by atoms with E-state index in [4.69, 9.17) is 14.2 Å². The summed E-state index contributed by atoms with van der Waals surface area (Å²) in [4.78, 5) is 0. The summed E-state index contributed by atoms with van der Waals surface area (Å²) in [5, 5.41) is 38.7. The SMILES string of the molecule is CCCCCCCCCCCCCCCCCCOCC(O)CO[C@@H]1OC[C@@H](O)[C@@H](O)[C@@H]1O. The molecule has 1 unspecified atom stereocenters. The zero-order valence-corrected chi connectivity index (χ0v) is 21.0. The summed E-state index contributed by atoms with van der Waals surface area (Å²) in [5.41, 5.74) is 0. The zero-order valence-electron chi connectivity index (χ0n) is 21.0. The number of rotatable bonds is 22. The van der Waals surface area contributed by atoms with E-state index in [9.17, 15) is 20.4 Å². The summed E-state index contributed by atoms with van der Waals surface area (Å²) in [7, 11) is 0. The molecule has 0 amide bonds. The lowest BCUT2D eigenvalue weighted by Gasteiger charge is -2.35. The molecule has 4 N–H and O–H groups in total. The van der Waals surface area contributed by atoms with E-state index in [1.54, 1.807) is 0 Å². The third kappa shape index (κ3) is 16.1. The van der Waals surface area contributed by atoms with Crippen molar-refractivity contribution in [1.82, 2.24) is 0 Å². The van der Waals surface area contributed by atoms with E-state index in [1.807, 2.05) is 0 Å². The van der Waals surface area contributed by atoms with E-state index in [0.717, 1.165) is 12.8 Å². The zero-order chi connectivity index (χ0) is 24.2. The van der Waals surface area contributed by atoms with Gasteiger partial charge in [0.2, 0.25) is 0 Å². The number of aliphatic hydroxyl groups is 4. The maximum absolute atomic E-state index is 9.92. The van der Waals surface area contributed by atoms with Crippen LogP contribution in [0.1, 0.15) is 110 Å². The van der Waals surface area contributed by atoms with Crippen molar-refractivity contribution in [2.75, 3.05) is 26.4 Å². The van der Waals surface area contributed by atoms with Gasteiger partial charge in [0, 0.05) is 6.61 Å². The van der Waals surface area contributed by atoms with Crippen LogP contribution in [0.4, 0.5) is 0 Å². The normalized spacial score (nSPS) is 24.3. The molecule has 0 spiro atoms. The molecule has 1 aliphatic heterocycles. The Morgan fingerprint density at radius 2 is 1.18 bits per heavy atom. The van der Waals surface area contributed by atoms with Crippen molar-refractivity contribution in [2.45, 2.75) is 140 Å². The van der Waals surface area contributed by atoms with Gasteiger partial charge in [-0.25, -0.2) is 0 Å². The van der Waals surface area contributed by atoms with Crippen LogP contribution >= 0.6 is 0 Å². The maximum atomic E-state index is 9.92. The molecule has 7 heteroatoms. The van der Waals surface area contributed by atoms with Crippen molar-refractivity contribution in [2.24, 2.45) is 0 Å². The van der Waals surface area contributed by atoms with Gasteiger partial charge in [0.15, 0.2) is 6.29 Å². The number of unbranched alkanes of at least 4 members (excludes halogenated alkanes) is 15.